The molecule has 0 fully saturated rings. The van der Waals surface area contributed by atoms with Gasteiger partial charge in [-0.15, -0.1) is 10.2 Å². The number of thiazole rings is 1. The monoisotopic (exact) mass is 412 g/mol. The lowest BCUT2D eigenvalue weighted by molar-refractivity contribution is 0.717. The summed E-state index contributed by atoms with van der Waals surface area (Å²) >= 11 is 7.68. The lowest BCUT2D eigenvalue weighted by Crippen LogP contribution is -2.06. The van der Waals surface area contributed by atoms with E-state index in [-0.39, 0.29) is 0 Å². The smallest absolute Gasteiger partial charge is 0.273 e. The molecule has 0 saturated heterocycles. The van der Waals surface area contributed by atoms with Crippen molar-refractivity contribution in [1.82, 2.24) is 29.6 Å². The van der Waals surface area contributed by atoms with Gasteiger partial charge in [-0.05, 0) is 39.0 Å². The van der Waals surface area contributed by atoms with E-state index in [4.69, 9.17) is 11.6 Å². The Balaban J connectivity index is 1.56. The average Bonchev–Trinajstić information content (AvgIpc) is 3.34. The van der Waals surface area contributed by atoms with Gasteiger partial charge in [0, 0.05) is 11.4 Å². The molecule has 0 saturated carbocycles. The summed E-state index contributed by atoms with van der Waals surface area (Å²) in [5.74, 6) is 0.500. The summed E-state index contributed by atoms with van der Waals surface area (Å²) in [6.45, 7) is 5.92. The molecule has 0 atom stereocenters. The highest BCUT2D eigenvalue weighted by Crippen LogP contribution is 2.28. The van der Waals surface area contributed by atoms with Gasteiger partial charge in [0.2, 0.25) is 0 Å². The van der Waals surface area contributed by atoms with E-state index in [1.165, 1.54) is 23.2 Å². The molecule has 28 heavy (non-hydrogen) atoms. The second-order valence-electron chi connectivity index (χ2n) is 6.22. The van der Waals surface area contributed by atoms with Gasteiger partial charge in [-0.25, -0.2) is 9.67 Å². The van der Waals surface area contributed by atoms with Crippen molar-refractivity contribution in [2.45, 2.75) is 20.8 Å². The largest absolute Gasteiger partial charge is 0.331 e. The molecule has 0 unspecified atom stereocenters. The van der Waals surface area contributed by atoms with Gasteiger partial charge in [0.1, 0.15) is 6.33 Å². The molecule has 8 nitrogen and oxygen atoms in total. The van der Waals surface area contributed by atoms with Crippen LogP contribution in [0.3, 0.4) is 0 Å². The molecule has 0 spiro atoms. The Hall–Kier alpha value is -3.04. The zero-order valence-electron chi connectivity index (χ0n) is 15.5. The summed E-state index contributed by atoms with van der Waals surface area (Å²) in [6.07, 6.45) is 3.15. The zero-order chi connectivity index (χ0) is 19.7. The molecule has 1 aromatic carbocycles. The summed E-state index contributed by atoms with van der Waals surface area (Å²) < 4.78 is 3.24. The van der Waals surface area contributed by atoms with Crippen LogP contribution in [0.15, 0.2) is 41.8 Å². The fourth-order valence-corrected chi connectivity index (χ4v) is 3.64. The highest BCUT2D eigenvalue weighted by molar-refractivity contribution is 7.17. The van der Waals surface area contributed by atoms with Crippen molar-refractivity contribution >= 4 is 40.0 Å². The van der Waals surface area contributed by atoms with Crippen molar-refractivity contribution in [2.75, 3.05) is 5.32 Å². The first-order valence-electron chi connectivity index (χ1n) is 8.47. The maximum atomic E-state index is 6.27. The number of rotatable bonds is 5. The van der Waals surface area contributed by atoms with Gasteiger partial charge < -0.3 is 5.32 Å². The van der Waals surface area contributed by atoms with Gasteiger partial charge in [-0.3, -0.25) is 0 Å². The quantitative estimate of drug-likeness (QED) is 0.498. The van der Waals surface area contributed by atoms with E-state index in [1.807, 2.05) is 51.1 Å². The second-order valence-corrected chi connectivity index (χ2v) is 7.61. The van der Waals surface area contributed by atoms with Gasteiger partial charge >= 0.3 is 0 Å². The van der Waals surface area contributed by atoms with Crippen molar-refractivity contribution in [3.63, 3.8) is 0 Å². The van der Waals surface area contributed by atoms with E-state index in [9.17, 15) is 0 Å². The number of anilines is 2. The third-order valence-corrected chi connectivity index (χ3v) is 5.23. The Kier molecular flexibility index (Phi) is 4.93. The van der Waals surface area contributed by atoms with Crippen LogP contribution in [0.4, 0.5) is 10.8 Å². The Bertz CT molecular complexity index is 1140. The van der Waals surface area contributed by atoms with E-state index >= 15 is 0 Å². The van der Waals surface area contributed by atoms with Crippen molar-refractivity contribution in [3.05, 3.63) is 63.6 Å². The van der Waals surface area contributed by atoms with Crippen LogP contribution < -0.4 is 5.32 Å². The molecular formula is C18H17ClN8S. The fraction of sp³-hybridized carbons (Fsp3) is 0.167. The summed E-state index contributed by atoms with van der Waals surface area (Å²) in [7, 11) is 0. The minimum absolute atomic E-state index is 0.379. The Labute approximate surface area is 170 Å². The standard InChI is InChI=1S/C18H17ClN8S/c1-11-4-6-14(7-5-11)22-17-23-16(19)15(28-17)9-21-26-10-20-24-18(26)27-13(3)8-12(2)25-27/h4-10H,1-3H3,(H,22,23)/b21-9+. The molecule has 0 radical (unpaired) electrons. The van der Waals surface area contributed by atoms with Gasteiger partial charge in [0.05, 0.1) is 16.8 Å². The van der Waals surface area contributed by atoms with Crippen LogP contribution in [0.2, 0.25) is 5.15 Å². The SMILES string of the molecule is Cc1ccc(Nc2nc(Cl)c(/C=N/n3cnnc3-n3nc(C)cc3C)s2)cc1. The zero-order valence-corrected chi connectivity index (χ0v) is 17.0. The number of nitrogens with one attached hydrogen (secondary N) is 1. The second kappa shape index (κ2) is 7.53. The predicted octanol–water partition coefficient (Wildman–Crippen LogP) is 4.12. The van der Waals surface area contributed by atoms with E-state index in [2.05, 4.69) is 30.7 Å². The number of nitrogens with zero attached hydrogens (tertiary/aromatic N) is 7. The first kappa shape index (κ1) is 18.3. The minimum Gasteiger partial charge on any atom is -0.331 e. The minimum atomic E-state index is 0.379. The Morgan fingerprint density at radius 3 is 2.68 bits per heavy atom. The van der Waals surface area contributed by atoms with Crippen LogP contribution in [0, 0.1) is 20.8 Å². The highest BCUT2D eigenvalue weighted by Gasteiger charge is 2.12. The molecule has 1 N–H and O–H groups in total. The van der Waals surface area contributed by atoms with E-state index in [1.54, 1.807) is 15.6 Å². The number of aromatic nitrogens is 6. The molecule has 0 aliphatic carbocycles. The first-order chi connectivity index (χ1) is 13.5. The maximum Gasteiger partial charge on any atom is 0.273 e. The van der Waals surface area contributed by atoms with Crippen LogP contribution in [0.5, 0.6) is 0 Å². The molecule has 0 aliphatic heterocycles. The van der Waals surface area contributed by atoms with Crippen LogP contribution in [0.25, 0.3) is 5.95 Å². The number of benzene rings is 1. The van der Waals surface area contributed by atoms with Crippen LogP contribution in [0.1, 0.15) is 21.8 Å². The molecule has 3 aromatic heterocycles. The number of hydrogen-bond acceptors (Lipinski definition) is 7. The van der Waals surface area contributed by atoms with Crippen molar-refractivity contribution < 1.29 is 0 Å². The molecule has 10 heteroatoms. The number of halogens is 1. The van der Waals surface area contributed by atoms with E-state index < -0.39 is 0 Å². The van der Waals surface area contributed by atoms with Gasteiger partial charge in [-0.1, -0.05) is 40.6 Å². The summed E-state index contributed by atoms with van der Waals surface area (Å²) in [4.78, 5) is 5.08. The average molecular weight is 413 g/mol. The van der Waals surface area contributed by atoms with Crippen LogP contribution in [-0.4, -0.2) is 35.9 Å². The third kappa shape index (κ3) is 3.80. The highest BCUT2D eigenvalue weighted by atomic mass is 35.5. The summed E-state index contributed by atoms with van der Waals surface area (Å²) in [5, 5.41) is 21.2. The van der Waals surface area contributed by atoms with Crippen molar-refractivity contribution in [2.24, 2.45) is 5.10 Å². The van der Waals surface area contributed by atoms with Crippen LogP contribution >= 0.6 is 22.9 Å². The maximum absolute atomic E-state index is 6.27. The molecule has 3 heterocycles. The van der Waals surface area contributed by atoms with E-state index in [0.717, 1.165) is 22.0 Å². The summed E-state index contributed by atoms with van der Waals surface area (Å²) in [5.41, 5.74) is 3.99. The van der Waals surface area contributed by atoms with E-state index in [0.29, 0.717) is 16.2 Å². The molecule has 142 valence electrons. The molecular weight excluding hydrogens is 396 g/mol. The van der Waals surface area contributed by atoms with Crippen molar-refractivity contribution in [3.8, 4) is 5.95 Å². The lowest BCUT2D eigenvalue weighted by atomic mass is 10.2. The summed E-state index contributed by atoms with van der Waals surface area (Å²) in [6, 6.07) is 10.0. The van der Waals surface area contributed by atoms with Gasteiger partial charge in [-0.2, -0.15) is 14.9 Å². The lowest BCUT2D eigenvalue weighted by Gasteiger charge is -2.02. The molecule has 0 amide bonds. The Morgan fingerprint density at radius 2 is 1.96 bits per heavy atom. The van der Waals surface area contributed by atoms with Crippen molar-refractivity contribution in [1.29, 1.82) is 0 Å². The molecule has 4 aromatic rings. The van der Waals surface area contributed by atoms with Gasteiger partial charge in [0.25, 0.3) is 5.95 Å². The Morgan fingerprint density at radius 1 is 1.18 bits per heavy atom. The van der Waals surface area contributed by atoms with Crippen LogP contribution in [-0.2, 0) is 0 Å². The topological polar surface area (TPSA) is 85.8 Å². The first-order valence-corrected chi connectivity index (χ1v) is 9.67. The molecule has 4 rings (SSSR count). The fourth-order valence-electron chi connectivity index (χ4n) is 2.60. The third-order valence-electron chi connectivity index (χ3n) is 3.92. The number of hydrogen-bond donors (Lipinski definition) is 1. The molecule has 0 bridgehead atoms. The predicted molar refractivity (Wildman–Crippen MR) is 111 cm³/mol. The number of aryl methyl sites for hydroxylation is 3. The molecule has 0 aliphatic rings. The van der Waals surface area contributed by atoms with Gasteiger partial charge in [0.15, 0.2) is 10.3 Å². The normalized spacial score (nSPS) is 11.4.